The summed E-state index contributed by atoms with van der Waals surface area (Å²) in [6.07, 6.45) is 4.71. The highest BCUT2D eigenvalue weighted by Gasteiger charge is 2.62. The van der Waals surface area contributed by atoms with E-state index in [1.165, 1.54) is 47.5 Å². The zero-order chi connectivity index (χ0) is 36.4. The van der Waals surface area contributed by atoms with E-state index in [0.29, 0.717) is 5.92 Å². The molecule has 3 N–H and O–H groups in total. The molecule has 5 heterocycles. The Labute approximate surface area is 310 Å². The van der Waals surface area contributed by atoms with Gasteiger partial charge in [0.15, 0.2) is 10.8 Å². The Kier molecular flexibility index (Phi) is 11.7. The molecule has 1 unspecified atom stereocenters. The number of carbonyl (C=O) groups excluding carboxylic acids is 1. The second-order valence-corrected chi connectivity index (χ2v) is 15.5. The molecule has 6 rings (SSSR count). The van der Waals surface area contributed by atoms with Crippen molar-refractivity contribution in [3.05, 3.63) is 77.6 Å². The van der Waals surface area contributed by atoms with E-state index in [1.807, 2.05) is 4.72 Å². The van der Waals surface area contributed by atoms with Crippen molar-refractivity contribution in [1.82, 2.24) is 39.8 Å². The highest BCUT2D eigenvalue weighted by atomic mass is 35.5. The quantitative estimate of drug-likeness (QED) is 0.127. The van der Waals surface area contributed by atoms with Crippen LogP contribution in [0.15, 0.2) is 66.3 Å². The zero-order valence-corrected chi connectivity index (χ0v) is 30.6. The third-order valence-corrected chi connectivity index (χ3v) is 10.7. The van der Waals surface area contributed by atoms with Gasteiger partial charge < -0.3 is 15.4 Å². The molecule has 0 bridgehead atoms. The van der Waals surface area contributed by atoms with Gasteiger partial charge >= 0.3 is 6.18 Å². The number of nitrogens with zero attached hydrogens (tertiary/aromatic N) is 6. The Bertz CT molecular complexity index is 1980. The minimum absolute atomic E-state index is 0. The molecule has 2 aliphatic rings. The first-order chi connectivity index (χ1) is 24.1. The molecule has 4 aromatic rings. The van der Waals surface area contributed by atoms with Crippen LogP contribution in [0.2, 0.25) is 5.15 Å². The van der Waals surface area contributed by atoms with E-state index in [9.17, 15) is 26.4 Å². The van der Waals surface area contributed by atoms with Crippen LogP contribution in [-0.4, -0.2) is 68.9 Å². The third kappa shape index (κ3) is 9.29. The second-order valence-electron chi connectivity index (χ2n) is 13.6. The van der Waals surface area contributed by atoms with Gasteiger partial charge in [0.05, 0.1) is 23.6 Å². The predicted molar refractivity (Wildman–Crippen MR) is 188 cm³/mol. The minimum Gasteiger partial charge on any atom is -0.477 e. The number of rotatable bonds is 14. The lowest BCUT2D eigenvalue weighted by atomic mass is 9.91. The molecule has 4 aromatic heterocycles. The van der Waals surface area contributed by atoms with Crippen molar-refractivity contribution in [2.45, 2.75) is 75.2 Å². The molecule has 52 heavy (non-hydrogen) atoms. The van der Waals surface area contributed by atoms with Gasteiger partial charge in [-0.2, -0.15) is 21.6 Å². The van der Waals surface area contributed by atoms with Crippen LogP contribution in [-0.2, 0) is 10.0 Å². The summed E-state index contributed by atoms with van der Waals surface area (Å²) >= 11 is 6.29. The standard InChI is InChI=1S/C33H37ClF3N9O4S.ClH/c1-31(2)16-21(17-40-31)6-8-24(22-18-38-20-39-19-22)41-25-4-3-5-28(42-25)51(48,49)45-30(47)23-7-9-26(43-29(23)34)46-14-10-27(44-46)50-15-13-32(11-12-32)33(35,36)37;/h3-5,7,9-10,14,18-21,24,40H,6,8,11-13,15-17H2,1-2H3,(H,41,42)(H,45,47);1H/t21-,24?;/m0./s1. The van der Waals surface area contributed by atoms with Crippen LogP contribution in [0.5, 0.6) is 5.88 Å². The number of carbonyl (C=O) groups is 1. The third-order valence-electron chi connectivity index (χ3n) is 9.23. The number of sulfonamides is 1. The molecule has 0 aromatic carbocycles. The number of anilines is 1. The van der Waals surface area contributed by atoms with E-state index in [4.69, 9.17) is 16.3 Å². The smallest absolute Gasteiger partial charge is 0.394 e. The zero-order valence-electron chi connectivity index (χ0n) is 28.2. The molecule has 19 heteroatoms. The van der Waals surface area contributed by atoms with E-state index in [2.05, 4.69) is 49.5 Å². The normalized spacial score (nSPS) is 18.2. The summed E-state index contributed by atoms with van der Waals surface area (Å²) in [6, 6.07) is 8.27. The molecular formula is C33H38Cl2F3N9O4S. The lowest BCUT2D eigenvalue weighted by Gasteiger charge is -2.22. The minimum atomic E-state index is -4.44. The summed E-state index contributed by atoms with van der Waals surface area (Å²) in [5.74, 6) is -0.0286. The number of hydrogen-bond acceptors (Lipinski definition) is 11. The average Bonchev–Trinajstić information content (AvgIpc) is 3.60. The largest absolute Gasteiger partial charge is 0.477 e. The fraction of sp³-hybridized carbons (Fsp3) is 0.455. The predicted octanol–water partition coefficient (Wildman–Crippen LogP) is 6.08. The van der Waals surface area contributed by atoms with E-state index in [1.54, 1.807) is 18.5 Å². The molecule has 2 fully saturated rings. The number of halogens is 5. The van der Waals surface area contributed by atoms with Crippen molar-refractivity contribution in [3.63, 3.8) is 0 Å². The van der Waals surface area contributed by atoms with Crippen molar-refractivity contribution >= 4 is 45.8 Å². The summed E-state index contributed by atoms with van der Waals surface area (Å²) in [7, 11) is -4.44. The SMILES string of the molecule is CC1(C)C[C@H](CCC(Nc2cccc(S(=O)(=O)NC(=O)c3ccc(-n4ccc(OCCC5(C(F)(F)F)CC5)n4)nc3Cl)n2)c2cncnc2)CN1.Cl. The molecule has 0 spiro atoms. The fourth-order valence-corrected chi connectivity index (χ4v) is 7.34. The monoisotopic (exact) mass is 783 g/mol. The lowest BCUT2D eigenvalue weighted by Crippen LogP contribution is -2.31. The maximum absolute atomic E-state index is 13.3. The van der Waals surface area contributed by atoms with Gasteiger partial charge in [0, 0.05) is 35.8 Å². The highest BCUT2D eigenvalue weighted by Crippen LogP contribution is 2.59. The van der Waals surface area contributed by atoms with Crippen LogP contribution in [0, 0.1) is 11.3 Å². The Morgan fingerprint density at radius 2 is 1.88 bits per heavy atom. The summed E-state index contributed by atoms with van der Waals surface area (Å²) in [5.41, 5.74) is -1.01. The van der Waals surface area contributed by atoms with Crippen LogP contribution in [0.1, 0.15) is 74.3 Å². The van der Waals surface area contributed by atoms with Gasteiger partial charge in [0.1, 0.15) is 17.3 Å². The molecular weight excluding hydrogens is 746 g/mol. The first-order valence-electron chi connectivity index (χ1n) is 16.4. The number of pyridine rings is 2. The van der Waals surface area contributed by atoms with Gasteiger partial charge in [0.2, 0.25) is 5.88 Å². The number of hydrogen-bond donors (Lipinski definition) is 3. The topological polar surface area (TPSA) is 166 Å². The van der Waals surface area contributed by atoms with Gasteiger partial charge in [-0.1, -0.05) is 17.7 Å². The molecule has 1 saturated heterocycles. The van der Waals surface area contributed by atoms with Crippen molar-refractivity contribution in [3.8, 4) is 11.7 Å². The van der Waals surface area contributed by atoms with E-state index >= 15 is 0 Å². The van der Waals surface area contributed by atoms with Gasteiger partial charge in [-0.25, -0.2) is 29.3 Å². The molecule has 1 saturated carbocycles. The van der Waals surface area contributed by atoms with Crippen molar-refractivity contribution in [2.75, 3.05) is 18.5 Å². The maximum Gasteiger partial charge on any atom is 0.394 e. The van der Waals surface area contributed by atoms with Crippen LogP contribution in [0.4, 0.5) is 19.0 Å². The Hall–Kier alpha value is -4.06. The number of nitrogens with one attached hydrogen (secondary N) is 3. The second kappa shape index (κ2) is 15.5. The molecule has 1 aliphatic heterocycles. The highest BCUT2D eigenvalue weighted by molar-refractivity contribution is 7.90. The van der Waals surface area contributed by atoms with Crippen LogP contribution in [0.3, 0.4) is 0 Å². The molecule has 0 radical (unpaired) electrons. The summed E-state index contributed by atoms with van der Waals surface area (Å²) < 4.78 is 74.8. The number of amides is 1. The summed E-state index contributed by atoms with van der Waals surface area (Å²) in [4.78, 5) is 29.8. The molecule has 2 atom stereocenters. The van der Waals surface area contributed by atoms with Crippen molar-refractivity contribution in [1.29, 1.82) is 0 Å². The van der Waals surface area contributed by atoms with Crippen LogP contribution >= 0.6 is 24.0 Å². The van der Waals surface area contributed by atoms with Gasteiger partial charge in [-0.15, -0.1) is 17.5 Å². The van der Waals surface area contributed by atoms with E-state index < -0.39 is 32.5 Å². The average molecular weight is 785 g/mol. The van der Waals surface area contributed by atoms with Crippen molar-refractivity contribution < 1.29 is 31.1 Å². The van der Waals surface area contributed by atoms with Crippen molar-refractivity contribution in [2.24, 2.45) is 11.3 Å². The maximum atomic E-state index is 13.3. The number of ether oxygens (including phenoxy) is 1. The van der Waals surface area contributed by atoms with Gasteiger partial charge in [-0.05, 0) is 89.1 Å². The Balaban J connectivity index is 0.00000523. The number of aromatic nitrogens is 6. The molecule has 1 amide bonds. The van der Waals surface area contributed by atoms with E-state index in [-0.39, 0.29) is 78.1 Å². The fourth-order valence-electron chi connectivity index (χ4n) is 6.17. The Morgan fingerprint density at radius 1 is 1.13 bits per heavy atom. The van der Waals surface area contributed by atoms with Gasteiger partial charge in [0.25, 0.3) is 15.9 Å². The lowest BCUT2D eigenvalue weighted by molar-refractivity contribution is -0.190. The Morgan fingerprint density at radius 3 is 2.54 bits per heavy atom. The van der Waals surface area contributed by atoms with Gasteiger partial charge in [-0.3, -0.25) is 4.79 Å². The summed E-state index contributed by atoms with van der Waals surface area (Å²) in [6.45, 7) is 5.10. The number of alkyl halides is 3. The first-order valence-corrected chi connectivity index (χ1v) is 18.2. The molecule has 1 aliphatic carbocycles. The van der Waals surface area contributed by atoms with Crippen LogP contribution < -0.4 is 20.1 Å². The van der Waals surface area contributed by atoms with E-state index in [0.717, 1.165) is 31.4 Å². The van der Waals surface area contributed by atoms with Crippen LogP contribution in [0.25, 0.3) is 5.82 Å². The molecule has 13 nitrogen and oxygen atoms in total. The first kappa shape index (κ1) is 39.2. The summed E-state index contributed by atoms with van der Waals surface area (Å²) in [5, 5.41) is 10.3. The molecule has 280 valence electrons.